The van der Waals surface area contributed by atoms with Crippen molar-refractivity contribution in [3.05, 3.63) is 35.4 Å². The lowest BCUT2D eigenvalue weighted by molar-refractivity contribution is -0.137. The van der Waals surface area contributed by atoms with Crippen LogP contribution in [-0.4, -0.2) is 35.3 Å². The third-order valence-corrected chi connectivity index (χ3v) is 3.03. The smallest absolute Gasteiger partial charge is 0.308 e. The highest BCUT2D eigenvalue weighted by Gasteiger charge is 2.43. The summed E-state index contributed by atoms with van der Waals surface area (Å²) in [4.78, 5) is 36.2. The number of benzene rings is 1. The fourth-order valence-electron chi connectivity index (χ4n) is 2.20. The number of carbonyl (C=O) groups is 3. The third-order valence-electron chi connectivity index (χ3n) is 3.03. The number of hydrogen-bond acceptors (Lipinski definition) is 4. The number of esters is 1. The fourth-order valence-corrected chi connectivity index (χ4v) is 2.20. The third kappa shape index (κ3) is 1.35. The van der Waals surface area contributed by atoms with Gasteiger partial charge in [0.25, 0.3) is 11.8 Å². The number of fused-ring (bicyclic) bond motifs is 1. The number of imide groups is 1. The Bertz CT molecular complexity index is 502. The van der Waals surface area contributed by atoms with Crippen LogP contribution < -0.4 is 0 Å². The lowest BCUT2D eigenvalue weighted by Crippen LogP contribution is -2.40. The molecule has 0 spiro atoms. The van der Waals surface area contributed by atoms with Crippen molar-refractivity contribution >= 4 is 17.8 Å². The SMILES string of the molecule is O=C1C[C@@H](N2C(=O)c3ccccc3C2=O)CO1. The molecule has 3 rings (SSSR count). The van der Waals surface area contributed by atoms with Crippen molar-refractivity contribution < 1.29 is 19.1 Å². The van der Waals surface area contributed by atoms with Gasteiger partial charge in [0.1, 0.15) is 6.61 Å². The van der Waals surface area contributed by atoms with Crippen LogP contribution in [-0.2, 0) is 9.53 Å². The van der Waals surface area contributed by atoms with E-state index in [2.05, 4.69) is 0 Å². The minimum atomic E-state index is -0.463. The summed E-state index contributed by atoms with van der Waals surface area (Å²) in [5.74, 6) is -1.05. The maximum absolute atomic E-state index is 12.0. The molecular formula is C12H9NO4. The zero-order valence-electron chi connectivity index (χ0n) is 8.88. The molecule has 5 nitrogen and oxygen atoms in total. The van der Waals surface area contributed by atoms with Crippen molar-refractivity contribution in [2.75, 3.05) is 6.61 Å². The summed E-state index contributed by atoms with van der Waals surface area (Å²) in [6.07, 6.45) is 0.0888. The number of carbonyl (C=O) groups excluding carboxylic acids is 3. The molecule has 2 amide bonds. The molecule has 0 saturated carbocycles. The van der Waals surface area contributed by atoms with Gasteiger partial charge in [0.05, 0.1) is 23.6 Å². The predicted molar refractivity (Wildman–Crippen MR) is 56.3 cm³/mol. The van der Waals surface area contributed by atoms with Crippen LogP contribution in [0.5, 0.6) is 0 Å². The van der Waals surface area contributed by atoms with Gasteiger partial charge < -0.3 is 4.74 Å². The van der Waals surface area contributed by atoms with Gasteiger partial charge in [0.2, 0.25) is 0 Å². The molecule has 1 saturated heterocycles. The lowest BCUT2D eigenvalue weighted by atomic mass is 10.1. The number of rotatable bonds is 1. The van der Waals surface area contributed by atoms with Gasteiger partial charge in [-0.15, -0.1) is 0 Å². The van der Waals surface area contributed by atoms with E-state index in [-0.39, 0.29) is 30.8 Å². The summed E-state index contributed by atoms with van der Waals surface area (Å²) in [5, 5.41) is 0. The molecule has 86 valence electrons. The quantitative estimate of drug-likeness (QED) is 0.524. The Kier molecular flexibility index (Phi) is 2.01. The standard InChI is InChI=1S/C12H9NO4/c14-10-5-7(6-17-10)13-11(15)8-3-1-2-4-9(8)12(13)16/h1-4,7H,5-6H2/t7-/m1/s1. The summed E-state index contributed by atoms with van der Waals surface area (Å²) in [6.45, 7) is 0.101. The molecule has 2 aliphatic rings. The van der Waals surface area contributed by atoms with Crippen LogP contribution in [0.2, 0.25) is 0 Å². The van der Waals surface area contributed by atoms with Gasteiger partial charge >= 0.3 is 5.97 Å². The maximum atomic E-state index is 12.0. The first-order valence-corrected chi connectivity index (χ1v) is 5.31. The van der Waals surface area contributed by atoms with Crippen LogP contribution in [0.15, 0.2) is 24.3 Å². The summed E-state index contributed by atoms with van der Waals surface area (Å²) < 4.78 is 4.79. The summed E-state index contributed by atoms with van der Waals surface area (Å²) in [6, 6.07) is 6.20. The molecule has 5 heteroatoms. The Morgan fingerprint density at radius 2 is 1.65 bits per heavy atom. The molecule has 0 aliphatic carbocycles. The number of amides is 2. The van der Waals surface area contributed by atoms with Crippen LogP contribution >= 0.6 is 0 Å². The highest BCUT2D eigenvalue weighted by Crippen LogP contribution is 2.27. The normalized spacial score (nSPS) is 22.9. The van der Waals surface area contributed by atoms with E-state index in [0.717, 1.165) is 4.90 Å². The Labute approximate surface area is 97.0 Å². The van der Waals surface area contributed by atoms with Crippen LogP contribution in [0.4, 0.5) is 0 Å². The van der Waals surface area contributed by atoms with Crippen molar-refractivity contribution in [2.24, 2.45) is 0 Å². The minimum absolute atomic E-state index is 0.0888. The molecule has 1 atom stereocenters. The first-order valence-electron chi connectivity index (χ1n) is 5.31. The van der Waals surface area contributed by atoms with E-state index in [9.17, 15) is 14.4 Å². The summed E-state index contributed by atoms with van der Waals surface area (Å²) in [7, 11) is 0. The minimum Gasteiger partial charge on any atom is -0.463 e. The van der Waals surface area contributed by atoms with Gasteiger partial charge in [-0.2, -0.15) is 0 Å². The van der Waals surface area contributed by atoms with Crippen LogP contribution in [0, 0.1) is 0 Å². The van der Waals surface area contributed by atoms with Gasteiger partial charge in [-0.1, -0.05) is 12.1 Å². The van der Waals surface area contributed by atoms with Gasteiger partial charge in [-0.25, -0.2) is 0 Å². The highest BCUT2D eigenvalue weighted by atomic mass is 16.5. The molecular weight excluding hydrogens is 222 g/mol. The van der Waals surface area contributed by atoms with Gasteiger partial charge in [0, 0.05) is 0 Å². The Morgan fingerprint density at radius 1 is 1.06 bits per heavy atom. The molecule has 1 fully saturated rings. The van der Waals surface area contributed by atoms with Crippen molar-refractivity contribution in [1.29, 1.82) is 0 Å². The van der Waals surface area contributed by atoms with Crippen molar-refractivity contribution in [2.45, 2.75) is 12.5 Å². The summed E-state index contributed by atoms with van der Waals surface area (Å²) in [5.41, 5.74) is 0.800. The first-order chi connectivity index (χ1) is 8.18. The maximum Gasteiger partial charge on any atom is 0.308 e. The molecule has 0 bridgehead atoms. The van der Waals surface area contributed by atoms with Gasteiger partial charge in [-0.05, 0) is 12.1 Å². The van der Waals surface area contributed by atoms with E-state index in [1.165, 1.54) is 0 Å². The van der Waals surface area contributed by atoms with E-state index in [0.29, 0.717) is 11.1 Å². The number of hydrogen-bond donors (Lipinski definition) is 0. The molecule has 1 aromatic rings. The van der Waals surface area contributed by atoms with Crippen molar-refractivity contribution in [3.63, 3.8) is 0 Å². The lowest BCUT2D eigenvalue weighted by Gasteiger charge is -2.18. The molecule has 1 aromatic carbocycles. The molecule has 2 aliphatic heterocycles. The number of nitrogens with zero attached hydrogens (tertiary/aromatic N) is 1. The largest absolute Gasteiger partial charge is 0.463 e. The second-order valence-electron chi connectivity index (χ2n) is 4.07. The zero-order valence-corrected chi connectivity index (χ0v) is 8.88. The molecule has 2 heterocycles. The second kappa shape index (κ2) is 3.41. The average Bonchev–Trinajstić information content (AvgIpc) is 2.84. The molecule has 17 heavy (non-hydrogen) atoms. The summed E-state index contributed by atoms with van der Waals surface area (Å²) >= 11 is 0. The average molecular weight is 231 g/mol. The van der Waals surface area contributed by atoms with E-state index < -0.39 is 6.04 Å². The molecule has 0 N–H and O–H groups in total. The Morgan fingerprint density at radius 3 is 2.12 bits per heavy atom. The topological polar surface area (TPSA) is 63.7 Å². The Hall–Kier alpha value is -2.17. The fraction of sp³-hybridized carbons (Fsp3) is 0.250. The van der Waals surface area contributed by atoms with Gasteiger partial charge in [-0.3, -0.25) is 19.3 Å². The van der Waals surface area contributed by atoms with Crippen LogP contribution in [0.1, 0.15) is 27.1 Å². The van der Waals surface area contributed by atoms with E-state index in [1.54, 1.807) is 24.3 Å². The predicted octanol–water partition coefficient (Wildman–Crippen LogP) is 0.598. The van der Waals surface area contributed by atoms with Crippen molar-refractivity contribution in [1.82, 2.24) is 4.90 Å². The zero-order chi connectivity index (χ0) is 12.0. The molecule has 0 radical (unpaired) electrons. The first kappa shape index (κ1) is 10.0. The van der Waals surface area contributed by atoms with E-state index in [4.69, 9.17) is 4.74 Å². The molecule has 0 unspecified atom stereocenters. The van der Waals surface area contributed by atoms with E-state index in [1.807, 2.05) is 0 Å². The van der Waals surface area contributed by atoms with Crippen LogP contribution in [0.3, 0.4) is 0 Å². The Balaban J connectivity index is 1.98. The van der Waals surface area contributed by atoms with E-state index >= 15 is 0 Å². The van der Waals surface area contributed by atoms with Gasteiger partial charge in [0.15, 0.2) is 0 Å². The second-order valence-corrected chi connectivity index (χ2v) is 4.07. The monoisotopic (exact) mass is 231 g/mol. The van der Waals surface area contributed by atoms with Crippen molar-refractivity contribution in [3.8, 4) is 0 Å². The highest BCUT2D eigenvalue weighted by molar-refractivity contribution is 6.21. The molecule has 0 aromatic heterocycles. The van der Waals surface area contributed by atoms with Crippen LogP contribution in [0.25, 0.3) is 0 Å². The number of ether oxygens (including phenoxy) is 1. The number of cyclic esters (lactones) is 1.